The fraction of sp³-hybridized carbons (Fsp3) is 0.429. The molecule has 2 aromatic rings. The Balaban J connectivity index is 1.72. The van der Waals surface area contributed by atoms with E-state index in [2.05, 4.69) is 29.2 Å². The molecule has 0 atom stereocenters. The lowest BCUT2D eigenvalue weighted by Crippen LogP contribution is -2.36. The molecule has 7 heteroatoms. The molecule has 1 amide bonds. The molecule has 1 N–H and O–H groups in total. The first-order valence-corrected chi connectivity index (χ1v) is 9.97. The van der Waals surface area contributed by atoms with E-state index in [-0.39, 0.29) is 5.91 Å². The number of hydrogen-bond acceptors (Lipinski definition) is 4. The highest BCUT2D eigenvalue weighted by atomic mass is 35.5. The van der Waals surface area contributed by atoms with Crippen LogP contribution >= 0.6 is 11.6 Å². The Bertz CT molecular complexity index is 854. The van der Waals surface area contributed by atoms with Gasteiger partial charge in [-0.15, -0.1) is 0 Å². The van der Waals surface area contributed by atoms with Crippen LogP contribution in [-0.4, -0.2) is 42.0 Å². The van der Waals surface area contributed by atoms with Gasteiger partial charge >= 0.3 is 0 Å². The lowest BCUT2D eigenvalue weighted by Gasteiger charge is -2.30. The summed E-state index contributed by atoms with van der Waals surface area (Å²) in [6.45, 7) is 9.88. The Kier molecular flexibility index (Phi) is 6.75. The van der Waals surface area contributed by atoms with Crippen LogP contribution in [-0.2, 0) is 16.1 Å². The number of aryl methyl sites for hydroxylation is 1. The third kappa shape index (κ3) is 4.94. The van der Waals surface area contributed by atoms with Crippen LogP contribution in [0.4, 0.5) is 11.4 Å². The maximum atomic E-state index is 12.5. The van der Waals surface area contributed by atoms with Crippen LogP contribution in [0.1, 0.15) is 25.1 Å². The molecule has 1 fully saturated rings. The van der Waals surface area contributed by atoms with Crippen molar-refractivity contribution in [2.45, 2.75) is 27.3 Å². The molecule has 6 nitrogen and oxygen atoms in total. The van der Waals surface area contributed by atoms with Gasteiger partial charge in [0.1, 0.15) is 5.15 Å². The van der Waals surface area contributed by atoms with Crippen molar-refractivity contribution < 1.29 is 9.53 Å². The van der Waals surface area contributed by atoms with E-state index in [0.717, 1.165) is 42.3 Å². The van der Waals surface area contributed by atoms with Crippen molar-refractivity contribution in [3.8, 4) is 0 Å². The van der Waals surface area contributed by atoms with Gasteiger partial charge in [0, 0.05) is 31.3 Å². The molecule has 28 heavy (non-hydrogen) atoms. The van der Waals surface area contributed by atoms with Crippen molar-refractivity contribution in [3.63, 3.8) is 0 Å². The topological polar surface area (TPSA) is 59.4 Å². The standard InChI is InChI=1S/C21H27ClN4O2/c1-15(2)14-26-21(22)17(16(3)24-26)8-9-20(27)23-18-6-4-5-7-19(18)25-10-12-28-13-11-25/h4-9,15H,10-14H2,1-3H3,(H,23,27)/b9-8+. The monoisotopic (exact) mass is 402 g/mol. The Labute approximate surface area is 171 Å². The number of carbonyl (C=O) groups excluding carboxylic acids is 1. The van der Waals surface area contributed by atoms with Crippen LogP contribution in [0.25, 0.3) is 6.08 Å². The van der Waals surface area contributed by atoms with Gasteiger partial charge in [0.2, 0.25) is 5.91 Å². The third-order valence-electron chi connectivity index (χ3n) is 4.56. The maximum absolute atomic E-state index is 12.5. The number of para-hydroxylation sites is 2. The van der Waals surface area contributed by atoms with E-state index in [1.807, 2.05) is 31.2 Å². The molecule has 0 unspecified atom stereocenters. The van der Waals surface area contributed by atoms with Crippen LogP contribution in [0.15, 0.2) is 30.3 Å². The number of carbonyl (C=O) groups is 1. The van der Waals surface area contributed by atoms with Crippen molar-refractivity contribution >= 4 is 35.0 Å². The van der Waals surface area contributed by atoms with Crippen molar-refractivity contribution in [2.75, 3.05) is 36.5 Å². The predicted molar refractivity (Wildman–Crippen MR) is 114 cm³/mol. The van der Waals surface area contributed by atoms with Gasteiger partial charge in [-0.25, -0.2) is 0 Å². The number of rotatable bonds is 6. The number of amides is 1. The number of nitrogens with one attached hydrogen (secondary N) is 1. The van der Waals surface area contributed by atoms with Crippen LogP contribution in [0.3, 0.4) is 0 Å². The van der Waals surface area contributed by atoms with Gasteiger partial charge in [0.15, 0.2) is 0 Å². The zero-order valence-electron chi connectivity index (χ0n) is 16.6. The van der Waals surface area contributed by atoms with E-state index >= 15 is 0 Å². The van der Waals surface area contributed by atoms with E-state index in [1.54, 1.807) is 10.8 Å². The lowest BCUT2D eigenvalue weighted by molar-refractivity contribution is -0.111. The average Bonchev–Trinajstić information content (AvgIpc) is 2.93. The summed E-state index contributed by atoms with van der Waals surface area (Å²) in [4.78, 5) is 14.7. The van der Waals surface area contributed by atoms with E-state index in [1.165, 1.54) is 6.08 Å². The summed E-state index contributed by atoms with van der Waals surface area (Å²) >= 11 is 6.44. The molecule has 3 rings (SSSR count). The predicted octanol–water partition coefficient (Wildman–Crippen LogP) is 3.99. The summed E-state index contributed by atoms with van der Waals surface area (Å²) < 4.78 is 7.20. The first kappa shape index (κ1) is 20.4. The minimum absolute atomic E-state index is 0.201. The zero-order chi connectivity index (χ0) is 20.1. The van der Waals surface area contributed by atoms with E-state index in [0.29, 0.717) is 24.3 Å². The molecule has 1 aromatic carbocycles. The number of nitrogens with zero attached hydrogens (tertiary/aromatic N) is 3. The number of hydrogen-bond donors (Lipinski definition) is 1. The third-order valence-corrected chi connectivity index (χ3v) is 4.96. The first-order chi connectivity index (χ1) is 13.5. The summed E-state index contributed by atoms with van der Waals surface area (Å²) in [5.41, 5.74) is 3.38. The molecule has 150 valence electrons. The summed E-state index contributed by atoms with van der Waals surface area (Å²) in [6.07, 6.45) is 3.24. The SMILES string of the molecule is Cc1nn(CC(C)C)c(Cl)c1/C=C/C(=O)Nc1ccccc1N1CCOCC1. The second kappa shape index (κ2) is 9.26. The van der Waals surface area contributed by atoms with Gasteiger partial charge in [0.25, 0.3) is 0 Å². The molecule has 1 aliphatic rings. The number of aromatic nitrogens is 2. The highest BCUT2D eigenvalue weighted by molar-refractivity contribution is 6.31. The van der Waals surface area contributed by atoms with Crippen molar-refractivity contribution in [3.05, 3.63) is 46.8 Å². The highest BCUT2D eigenvalue weighted by Crippen LogP contribution is 2.27. The Morgan fingerprint density at radius 3 is 2.75 bits per heavy atom. The fourth-order valence-corrected chi connectivity index (χ4v) is 3.52. The number of anilines is 2. The van der Waals surface area contributed by atoms with E-state index < -0.39 is 0 Å². The van der Waals surface area contributed by atoms with Crippen LogP contribution in [0.2, 0.25) is 5.15 Å². The van der Waals surface area contributed by atoms with E-state index in [9.17, 15) is 4.79 Å². The number of ether oxygens (including phenoxy) is 1. The minimum Gasteiger partial charge on any atom is -0.378 e. The lowest BCUT2D eigenvalue weighted by atomic mass is 10.2. The second-order valence-corrected chi connectivity index (χ2v) is 7.66. The van der Waals surface area contributed by atoms with Gasteiger partial charge < -0.3 is 15.0 Å². The van der Waals surface area contributed by atoms with Gasteiger partial charge in [-0.3, -0.25) is 9.48 Å². The molecule has 0 saturated carbocycles. The Morgan fingerprint density at radius 1 is 1.32 bits per heavy atom. The Hall–Kier alpha value is -2.31. The molecule has 1 saturated heterocycles. The maximum Gasteiger partial charge on any atom is 0.248 e. The summed E-state index contributed by atoms with van der Waals surface area (Å²) in [6, 6.07) is 7.82. The highest BCUT2D eigenvalue weighted by Gasteiger charge is 2.16. The normalized spacial score (nSPS) is 14.8. The second-order valence-electron chi connectivity index (χ2n) is 7.31. The molecule has 2 heterocycles. The van der Waals surface area contributed by atoms with Gasteiger partial charge in [0.05, 0.1) is 30.3 Å². The zero-order valence-corrected chi connectivity index (χ0v) is 17.4. The van der Waals surface area contributed by atoms with Crippen molar-refractivity contribution in [1.29, 1.82) is 0 Å². The molecule has 1 aliphatic heterocycles. The van der Waals surface area contributed by atoms with Crippen molar-refractivity contribution in [1.82, 2.24) is 9.78 Å². The van der Waals surface area contributed by atoms with Gasteiger partial charge in [-0.1, -0.05) is 37.6 Å². The van der Waals surface area contributed by atoms with E-state index in [4.69, 9.17) is 16.3 Å². The quantitative estimate of drug-likeness (QED) is 0.742. The van der Waals surface area contributed by atoms with Gasteiger partial charge in [-0.05, 0) is 31.1 Å². The summed E-state index contributed by atoms with van der Waals surface area (Å²) in [5.74, 6) is 0.237. The smallest absolute Gasteiger partial charge is 0.248 e. The molecule has 0 spiro atoms. The van der Waals surface area contributed by atoms with Crippen LogP contribution in [0, 0.1) is 12.8 Å². The summed E-state index contributed by atoms with van der Waals surface area (Å²) in [7, 11) is 0. The number of morpholine rings is 1. The molecular weight excluding hydrogens is 376 g/mol. The van der Waals surface area contributed by atoms with Crippen LogP contribution < -0.4 is 10.2 Å². The first-order valence-electron chi connectivity index (χ1n) is 9.59. The fourth-order valence-electron chi connectivity index (χ4n) is 3.22. The van der Waals surface area contributed by atoms with Crippen molar-refractivity contribution in [2.24, 2.45) is 5.92 Å². The minimum atomic E-state index is -0.201. The molecule has 0 aliphatic carbocycles. The number of halogens is 1. The molecule has 1 aromatic heterocycles. The average molecular weight is 403 g/mol. The van der Waals surface area contributed by atoms with Crippen LogP contribution in [0.5, 0.6) is 0 Å². The molecule has 0 radical (unpaired) electrons. The Morgan fingerprint density at radius 2 is 2.04 bits per heavy atom. The summed E-state index contributed by atoms with van der Waals surface area (Å²) in [5, 5.41) is 8.01. The largest absolute Gasteiger partial charge is 0.378 e. The molecule has 0 bridgehead atoms. The van der Waals surface area contributed by atoms with Gasteiger partial charge in [-0.2, -0.15) is 5.10 Å². The number of benzene rings is 1. The molecular formula is C21H27ClN4O2.